The Hall–Kier alpha value is -2.55. The van der Waals surface area contributed by atoms with Gasteiger partial charge in [0.15, 0.2) is 0 Å². The highest BCUT2D eigenvalue weighted by Crippen LogP contribution is 2.13. The van der Waals surface area contributed by atoms with Gasteiger partial charge in [-0.3, -0.25) is 4.79 Å². The molecule has 0 atom stereocenters. The van der Waals surface area contributed by atoms with Crippen molar-refractivity contribution in [1.29, 1.82) is 0 Å². The van der Waals surface area contributed by atoms with Crippen molar-refractivity contribution in [2.75, 3.05) is 12.3 Å². The van der Waals surface area contributed by atoms with Crippen molar-refractivity contribution < 1.29 is 4.79 Å². The summed E-state index contributed by atoms with van der Waals surface area (Å²) in [6, 6.07) is 16.2. The van der Waals surface area contributed by atoms with Crippen LogP contribution in [-0.2, 0) is 6.42 Å². The summed E-state index contributed by atoms with van der Waals surface area (Å²) in [5.74, 6) is -0.104. The van der Waals surface area contributed by atoms with E-state index >= 15 is 0 Å². The highest BCUT2D eigenvalue weighted by atomic mass is 16.1. The molecule has 2 rings (SSSR count). The van der Waals surface area contributed by atoms with Crippen LogP contribution in [0.2, 0.25) is 0 Å². The van der Waals surface area contributed by atoms with Crippen molar-refractivity contribution in [1.82, 2.24) is 5.32 Å². The SMILES string of the molecule is C=CCNC(=O)c1cc[c]c(Cc2cccc(N)c2)c1. The third-order valence-corrected chi connectivity index (χ3v) is 2.88. The fraction of sp³-hybridized carbons (Fsp3) is 0.118. The molecule has 0 saturated carbocycles. The third-order valence-electron chi connectivity index (χ3n) is 2.88. The van der Waals surface area contributed by atoms with Gasteiger partial charge in [0, 0.05) is 17.8 Å². The van der Waals surface area contributed by atoms with E-state index in [0.29, 0.717) is 18.5 Å². The summed E-state index contributed by atoms with van der Waals surface area (Å²) in [5.41, 5.74) is 9.19. The van der Waals surface area contributed by atoms with E-state index in [0.717, 1.165) is 16.8 Å². The van der Waals surface area contributed by atoms with Crippen LogP contribution in [-0.4, -0.2) is 12.5 Å². The fourth-order valence-corrected chi connectivity index (χ4v) is 1.95. The first kappa shape index (κ1) is 13.9. The van der Waals surface area contributed by atoms with Crippen molar-refractivity contribution in [2.45, 2.75) is 6.42 Å². The number of nitrogens with one attached hydrogen (secondary N) is 1. The number of carbonyl (C=O) groups excluding carboxylic acids is 1. The van der Waals surface area contributed by atoms with Crippen LogP contribution in [0.4, 0.5) is 5.69 Å². The molecule has 2 aromatic rings. The average molecular weight is 265 g/mol. The second-order valence-corrected chi connectivity index (χ2v) is 4.52. The molecule has 0 bridgehead atoms. The molecule has 0 aliphatic rings. The summed E-state index contributed by atoms with van der Waals surface area (Å²) in [7, 11) is 0. The lowest BCUT2D eigenvalue weighted by Gasteiger charge is -2.06. The van der Waals surface area contributed by atoms with E-state index in [1.54, 1.807) is 18.2 Å². The van der Waals surface area contributed by atoms with Crippen molar-refractivity contribution in [3.63, 3.8) is 0 Å². The van der Waals surface area contributed by atoms with Gasteiger partial charge in [0.1, 0.15) is 0 Å². The van der Waals surface area contributed by atoms with Gasteiger partial charge >= 0.3 is 0 Å². The van der Waals surface area contributed by atoms with Crippen LogP contribution < -0.4 is 11.1 Å². The normalized spacial score (nSPS) is 10.0. The highest BCUT2D eigenvalue weighted by Gasteiger charge is 2.05. The average Bonchev–Trinajstić information content (AvgIpc) is 2.45. The predicted octanol–water partition coefficient (Wildman–Crippen LogP) is 2.58. The van der Waals surface area contributed by atoms with Crippen molar-refractivity contribution in [3.05, 3.63) is 77.9 Å². The molecule has 3 heteroatoms. The maximum Gasteiger partial charge on any atom is 0.251 e. The minimum Gasteiger partial charge on any atom is -0.399 e. The second kappa shape index (κ2) is 6.57. The monoisotopic (exact) mass is 265 g/mol. The first-order valence-electron chi connectivity index (χ1n) is 6.43. The van der Waals surface area contributed by atoms with Gasteiger partial charge < -0.3 is 11.1 Å². The Morgan fingerprint density at radius 3 is 2.95 bits per heavy atom. The van der Waals surface area contributed by atoms with Crippen LogP contribution in [0, 0.1) is 6.07 Å². The second-order valence-electron chi connectivity index (χ2n) is 4.52. The van der Waals surface area contributed by atoms with Gasteiger partial charge in [0.25, 0.3) is 5.91 Å². The third kappa shape index (κ3) is 3.72. The Morgan fingerprint density at radius 2 is 2.20 bits per heavy atom. The molecule has 20 heavy (non-hydrogen) atoms. The first-order valence-corrected chi connectivity index (χ1v) is 6.43. The fourth-order valence-electron chi connectivity index (χ4n) is 1.95. The lowest BCUT2D eigenvalue weighted by Crippen LogP contribution is -2.23. The Balaban J connectivity index is 2.13. The standard InChI is InChI=1S/C17H17N2O/c1-2-9-19-17(20)15-7-3-5-13(11-15)10-14-6-4-8-16(18)12-14/h2-4,6-8,11-12H,1,9-10,18H2,(H,19,20). The van der Waals surface area contributed by atoms with Crippen LogP contribution in [0.1, 0.15) is 21.5 Å². The lowest BCUT2D eigenvalue weighted by molar-refractivity contribution is 0.0958. The number of hydrogen-bond acceptors (Lipinski definition) is 2. The summed E-state index contributed by atoms with van der Waals surface area (Å²) in [6.45, 7) is 4.04. The van der Waals surface area contributed by atoms with E-state index < -0.39 is 0 Å². The van der Waals surface area contributed by atoms with Crippen molar-refractivity contribution >= 4 is 11.6 Å². The maximum absolute atomic E-state index is 11.9. The molecule has 3 nitrogen and oxygen atoms in total. The molecule has 0 aromatic heterocycles. The summed E-state index contributed by atoms with van der Waals surface area (Å²) >= 11 is 0. The molecule has 0 saturated heterocycles. The molecule has 101 valence electrons. The largest absolute Gasteiger partial charge is 0.399 e. The van der Waals surface area contributed by atoms with Crippen molar-refractivity contribution in [2.24, 2.45) is 0 Å². The molecule has 2 aromatic carbocycles. The molecule has 0 spiro atoms. The van der Waals surface area contributed by atoms with E-state index in [-0.39, 0.29) is 5.91 Å². The minimum absolute atomic E-state index is 0.104. The van der Waals surface area contributed by atoms with Crippen LogP contribution in [0.3, 0.4) is 0 Å². The molecule has 1 amide bonds. The van der Waals surface area contributed by atoms with E-state index in [1.807, 2.05) is 30.3 Å². The first-order chi connectivity index (χ1) is 9.69. The van der Waals surface area contributed by atoms with Crippen LogP contribution in [0.5, 0.6) is 0 Å². The number of hydrogen-bond donors (Lipinski definition) is 2. The van der Waals surface area contributed by atoms with E-state index in [1.165, 1.54) is 0 Å². The van der Waals surface area contributed by atoms with E-state index in [9.17, 15) is 4.79 Å². The molecule has 1 radical (unpaired) electrons. The molecule has 0 unspecified atom stereocenters. The Morgan fingerprint density at radius 1 is 1.35 bits per heavy atom. The number of benzene rings is 2. The molecule has 0 fully saturated rings. The Bertz CT molecular complexity index is 620. The minimum atomic E-state index is -0.104. The summed E-state index contributed by atoms with van der Waals surface area (Å²) < 4.78 is 0. The lowest BCUT2D eigenvalue weighted by atomic mass is 10.0. The van der Waals surface area contributed by atoms with E-state index in [4.69, 9.17) is 5.73 Å². The predicted molar refractivity (Wildman–Crippen MR) is 81.5 cm³/mol. The van der Waals surface area contributed by atoms with Crippen LogP contribution in [0.15, 0.2) is 55.1 Å². The zero-order valence-electron chi connectivity index (χ0n) is 11.2. The highest BCUT2D eigenvalue weighted by molar-refractivity contribution is 5.94. The zero-order valence-corrected chi connectivity index (χ0v) is 11.2. The number of nitrogens with two attached hydrogens (primary N) is 1. The molecule has 3 N–H and O–H groups in total. The van der Waals surface area contributed by atoms with Crippen LogP contribution in [0.25, 0.3) is 0 Å². The Labute approximate surface area is 119 Å². The summed E-state index contributed by atoms with van der Waals surface area (Å²) in [5, 5.41) is 2.76. The number of nitrogen functional groups attached to an aromatic ring is 1. The van der Waals surface area contributed by atoms with Gasteiger partial charge in [-0.15, -0.1) is 6.58 Å². The Kier molecular flexibility index (Phi) is 4.56. The van der Waals surface area contributed by atoms with Gasteiger partial charge in [-0.25, -0.2) is 0 Å². The zero-order chi connectivity index (χ0) is 14.4. The van der Waals surface area contributed by atoms with Gasteiger partial charge in [-0.1, -0.05) is 24.3 Å². The van der Waals surface area contributed by atoms with Gasteiger partial charge in [0.05, 0.1) is 0 Å². The van der Waals surface area contributed by atoms with Gasteiger partial charge in [-0.2, -0.15) is 0 Å². The summed E-state index contributed by atoms with van der Waals surface area (Å²) in [4.78, 5) is 11.9. The smallest absolute Gasteiger partial charge is 0.251 e. The summed E-state index contributed by atoms with van der Waals surface area (Å²) in [6.07, 6.45) is 2.36. The van der Waals surface area contributed by atoms with Crippen LogP contribution >= 0.6 is 0 Å². The number of rotatable bonds is 5. The molecule has 0 aliphatic heterocycles. The number of anilines is 1. The topological polar surface area (TPSA) is 55.1 Å². The quantitative estimate of drug-likeness (QED) is 0.645. The maximum atomic E-state index is 11.9. The van der Waals surface area contributed by atoms with Gasteiger partial charge in [0.2, 0.25) is 0 Å². The molecule has 0 heterocycles. The van der Waals surface area contributed by atoms with E-state index in [2.05, 4.69) is 18.0 Å². The molecular weight excluding hydrogens is 248 g/mol. The number of carbonyl (C=O) groups is 1. The van der Waals surface area contributed by atoms with Gasteiger partial charge in [-0.05, 0) is 47.9 Å². The van der Waals surface area contributed by atoms with Crippen molar-refractivity contribution in [3.8, 4) is 0 Å². The number of amides is 1. The molecule has 0 aliphatic carbocycles. The molecular formula is C17H17N2O.